The molecule has 0 spiro atoms. The Morgan fingerprint density at radius 2 is 1.92 bits per heavy atom. The van der Waals surface area contributed by atoms with Crippen LogP contribution in [-0.4, -0.2) is 44.9 Å². The van der Waals surface area contributed by atoms with Crippen LogP contribution in [0.1, 0.15) is 36.9 Å². The Morgan fingerprint density at radius 1 is 1.19 bits per heavy atom. The molecule has 26 heavy (non-hydrogen) atoms. The highest BCUT2D eigenvalue weighted by molar-refractivity contribution is 5.76. The van der Waals surface area contributed by atoms with Crippen LogP contribution in [-0.2, 0) is 24.7 Å². The number of amides is 1. The van der Waals surface area contributed by atoms with Crippen molar-refractivity contribution in [1.82, 2.24) is 14.7 Å². The van der Waals surface area contributed by atoms with Crippen LogP contribution < -0.4 is 0 Å². The number of aliphatic hydroxyl groups excluding tert-OH is 1. The Kier molecular flexibility index (Phi) is 6.45. The molecule has 0 radical (unpaired) electrons. The maximum atomic E-state index is 12.4. The number of nitrogens with zero attached hydrogens (tertiary/aromatic N) is 3. The second-order valence-electron chi connectivity index (χ2n) is 7.26. The topological polar surface area (TPSA) is 58.4 Å². The molecule has 1 fully saturated rings. The molecule has 1 aromatic carbocycles. The van der Waals surface area contributed by atoms with Crippen LogP contribution in [0.15, 0.2) is 42.6 Å². The van der Waals surface area contributed by atoms with E-state index in [2.05, 4.69) is 17.2 Å². The van der Waals surface area contributed by atoms with E-state index >= 15 is 0 Å². The van der Waals surface area contributed by atoms with Crippen molar-refractivity contribution in [2.24, 2.45) is 13.0 Å². The zero-order valence-electron chi connectivity index (χ0n) is 15.6. The van der Waals surface area contributed by atoms with Gasteiger partial charge in [-0.1, -0.05) is 30.3 Å². The van der Waals surface area contributed by atoms with E-state index in [-0.39, 0.29) is 12.0 Å². The molecule has 2 aromatic rings. The molecular weight excluding hydrogens is 326 g/mol. The van der Waals surface area contributed by atoms with Gasteiger partial charge in [-0.05, 0) is 49.7 Å². The maximum Gasteiger partial charge on any atom is 0.222 e. The van der Waals surface area contributed by atoms with Gasteiger partial charge in [0.05, 0.1) is 6.10 Å². The van der Waals surface area contributed by atoms with E-state index in [0.29, 0.717) is 12.3 Å². The summed E-state index contributed by atoms with van der Waals surface area (Å²) in [6, 6.07) is 12.3. The molecule has 1 saturated heterocycles. The van der Waals surface area contributed by atoms with Crippen molar-refractivity contribution in [3.8, 4) is 0 Å². The van der Waals surface area contributed by atoms with E-state index in [4.69, 9.17) is 0 Å². The third-order valence-electron chi connectivity index (χ3n) is 5.53. The Bertz CT molecular complexity index is 690. The largest absolute Gasteiger partial charge is 0.393 e. The van der Waals surface area contributed by atoms with Crippen LogP contribution in [0.25, 0.3) is 0 Å². The smallest absolute Gasteiger partial charge is 0.222 e. The second-order valence-corrected chi connectivity index (χ2v) is 7.26. The van der Waals surface area contributed by atoms with Gasteiger partial charge in [0.15, 0.2) is 0 Å². The van der Waals surface area contributed by atoms with E-state index in [1.165, 1.54) is 5.56 Å². The molecule has 5 nitrogen and oxygen atoms in total. The summed E-state index contributed by atoms with van der Waals surface area (Å²) < 4.78 is 1.82. The van der Waals surface area contributed by atoms with Gasteiger partial charge >= 0.3 is 0 Å². The highest BCUT2D eigenvalue weighted by atomic mass is 16.3. The number of hydrogen-bond donors (Lipinski definition) is 1. The van der Waals surface area contributed by atoms with E-state index in [9.17, 15) is 9.90 Å². The first kappa shape index (κ1) is 18.6. The number of carbonyl (C=O) groups excluding carboxylic acids is 1. The molecule has 5 heteroatoms. The Balaban J connectivity index is 1.39. The number of benzene rings is 1. The lowest BCUT2D eigenvalue weighted by molar-refractivity contribution is -0.133. The normalized spacial score (nSPS) is 16.6. The van der Waals surface area contributed by atoms with Crippen molar-refractivity contribution in [3.05, 3.63) is 53.9 Å². The van der Waals surface area contributed by atoms with Gasteiger partial charge < -0.3 is 10.0 Å². The van der Waals surface area contributed by atoms with Crippen molar-refractivity contribution in [3.63, 3.8) is 0 Å². The molecule has 1 aliphatic rings. The molecule has 3 rings (SSSR count). The molecule has 2 heterocycles. The maximum absolute atomic E-state index is 12.4. The summed E-state index contributed by atoms with van der Waals surface area (Å²) in [5, 5.41) is 14.6. The van der Waals surface area contributed by atoms with Gasteiger partial charge in [-0.2, -0.15) is 5.10 Å². The van der Waals surface area contributed by atoms with Crippen molar-refractivity contribution < 1.29 is 9.90 Å². The summed E-state index contributed by atoms with van der Waals surface area (Å²) >= 11 is 0. The lowest BCUT2D eigenvalue weighted by Crippen LogP contribution is -2.41. The summed E-state index contributed by atoms with van der Waals surface area (Å²) in [5.74, 6) is 0.517. The third kappa shape index (κ3) is 4.94. The highest BCUT2D eigenvalue weighted by Crippen LogP contribution is 2.24. The standard InChI is InChI=1S/C21H29N3O2/c1-23-19(11-14-22-23)8-10-21(26)24-15-12-18(13-16-24)20(25)9-7-17-5-3-2-4-6-17/h2-6,11,14,18,20,25H,7-10,12-13,15-16H2,1H3. The number of piperidine rings is 1. The second kappa shape index (κ2) is 8.99. The minimum Gasteiger partial charge on any atom is -0.393 e. The van der Waals surface area contributed by atoms with Gasteiger partial charge in [-0.3, -0.25) is 9.48 Å². The van der Waals surface area contributed by atoms with Crippen molar-refractivity contribution in [2.45, 2.75) is 44.6 Å². The van der Waals surface area contributed by atoms with Crippen LogP contribution in [0.5, 0.6) is 0 Å². The first-order valence-corrected chi connectivity index (χ1v) is 9.60. The molecule has 1 atom stereocenters. The molecule has 1 amide bonds. The van der Waals surface area contributed by atoms with Gasteiger partial charge in [0.2, 0.25) is 5.91 Å². The van der Waals surface area contributed by atoms with Crippen LogP contribution in [0, 0.1) is 5.92 Å². The predicted molar refractivity (Wildman–Crippen MR) is 102 cm³/mol. The average Bonchev–Trinajstić information content (AvgIpc) is 3.10. The SMILES string of the molecule is Cn1nccc1CCC(=O)N1CCC(C(O)CCc2ccccc2)CC1. The molecule has 1 unspecified atom stereocenters. The first-order chi connectivity index (χ1) is 12.6. The minimum absolute atomic E-state index is 0.212. The zero-order chi connectivity index (χ0) is 18.4. The summed E-state index contributed by atoms with van der Waals surface area (Å²) in [6.45, 7) is 1.52. The zero-order valence-corrected chi connectivity index (χ0v) is 15.6. The van der Waals surface area contributed by atoms with Crippen molar-refractivity contribution >= 4 is 5.91 Å². The van der Waals surface area contributed by atoms with E-state index in [1.54, 1.807) is 6.20 Å². The number of aliphatic hydroxyl groups is 1. The number of hydrogen-bond acceptors (Lipinski definition) is 3. The Hall–Kier alpha value is -2.14. The number of rotatable bonds is 7. The summed E-state index contributed by atoms with van der Waals surface area (Å²) in [5.41, 5.74) is 2.36. The fraction of sp³-hybridized carbons (Fsp3) is 0.524. The fourth-order valence-electron chi connectivity index (χ4n) is 3.77. The number of likely N-dealkylation sites (tertiary alicyclic amines) is 1. The lowest BCUT2D eigenvalue weighted by Gasteiger charge is -2.34. The quantitative estimate of drug-likeness (QED) is 0.830. The predicted octanol–water partition coefficient (Wildman–Crippen LogP) is 2.59. The molecule has 0 aliphatic carbocycles. The van der Waals surface area contributed by atoms with Gasteiger partial charge in [0.25, 0.3) is 0 Å². The average molecular weight is 355 g/mol. The first-order valence-electron chi connectivity index (χ1n) is 9.60. The van der Waals surface area contributed by atoms with Gasteiger partial charge in [-0.25, -0.2) is 0 Å². The van der Waals surface area contributed by atoms with Crippen LogP contribution >= 0.6 is 0 Å². The molecule has 140 valence electrons. The molecule has 0 saturated carbocycles. The van der Waals surface area contributed by atoms with Crippen molar-refractivity contribution in [2.75, 3.05) is 13.1 Å². The molecule has 1 N–H and O–H groups in total. The van der Waals surface area contributed by atoms with Gasteiger partial charge in [0, 0.05) is 38.4 Å². The highest BCUT2D eigenvalue weighted by Gasteiger charge is 2.27. The van der Waals surface area contributed by atoms with Crippen LogP contribution in [0.3, 0.4) is 0 Å². The molecule has 1 aromatic heterocycles. The monoisotopic (exact) mass is 355 g/mol. The Morgan fingerprint density at radius 3 is 2.58 bits per heavy atom. The Labute approximate surface area is 155 Å². The molecular formula is C21H29N3O2. The number of aryl methyl sites for hydroxylation is 3. The van der Waals surface area contributed by atoms with Crippen LogP contribution in [0.4, 0.5) is 0 Å². The van der Waals surface area contributed by atoms with Gasteiger partial charge in [0.1, 0.15) is 0 Å². The van der Waals surface area contributed by atoms with Crippen LogP contribution in [0.2, 0.25) is 0 Å². The molecule has 0 bridgehead atoms. The third-order valence-corrected chi connectivity index (χ3v) is 5.53. The number of aromatic nitrogens is 2. The van der Waals surface area contributed by atoms with Crippen molar-refractivity contribution in [1.29, 1.82) is 0 Å². The van der Waals surface area contributed by atoms with E-state index < -0.39 is 0 Å². The lowest BCUT2D eigenvalue weighted by atomic mass is 9.88. The summed E-state index contributed by atoms with van der Waals surface area (Å²) in [6.07, 6.45) is 6.25. The summed E-state index contributed by atoms with van der Waals surface area (Å²) in [4.78, 5) is 14.4. The van der Waals surface area contributed by atoms with Gasteiger partial charge in [-0.15, -0.1) is 0 Å². The molecule has 1 aliphatic heterocycles. The number of carbonyl (C=O) groups is 1. The van der Waals surface area contributed by atoms with E-state index in [1.807, 2.05) is 40.9 Å². The fourth-order valence-corrected chi connectivity index (χ4v) is 3.77. The summed E-state index contributed by atoms with van der Waals surface area (Å²) in [7, 11) is 1.90. The van der Waals surface area contributed by atoms with E-state index in [0.717, 1.165) is 50.9 Å². The minimum atomic E-state index is -0.276.